The number of nitrogens with zero attached hydrogens (tertiary/aromatic N) is 2. The molecule has 0 amide bonds. The Bertz CT molecular complexity index is 204. The fourth-order valence-electron chi connectivity index (χ4n) is 1.34. The summed E-state index contributed by atoms with van der Waals surface area (Å²) in [6, 6.07) is 0. The van der Waals surface area contributed by atoms with Crippen LogP contribution in [0.5, 0.6) is 0 Å². The molecule has 1 N–H and O–H groups in total. The molecule has 94 valence electrons. The van der Waals surface area contributed by atoms with Gasteiger partial charge in [0.25, 0.3) is 0 Å². The second-order valence-corrected chi connectivity index (χ2v) is 3.52. The summed E-state index contributed by atoms with van der Waals surface area (Å²) in [7, 11) is 3.84. The number of hydrogen-bond donors (Lipinski definition) is 1. The van der Waals surface area contributed by atoms with Gasteiger partial charge >= 0.3 is 0 Å². The maximum absolute atomic E-state index is 5.26. The van der Waals surface area contributed by atoms with Gasteiger partial charge in [0.1, 0.15) is 0 Å². The van der Waals surface area contributed by atoms with E-state index in [4.69, 9.17) is 4.74 Å². The Morgan fingerprint density at radius 3 is 2.88 bits per heavy atom. The smallest absolute Gasteiger partial charge is 0.193 e. The summed E-state index contributed by atoms with van der Waals surface area (Å²) in [6.45, 7) is 8.97. The SMILES string of the molecule is C=CCCCN(C)C(=NC)NCCOCC. The molecule has 0 radical (unpaired) electrons. The van der Waals surface area contributed by atoms with Gasteiger partial charge in [-0.05, 0) is 19.8 Å². The molecule has 0 fully saturated rings. The third-order valence-corrected chi connectivity index (χ3v) is 2.21. The van der Waals surface area contributed by atoms with E-state index in [1.807, 2.05) is 20.0 Å². The highest BCUT2D eigenvalue weighted by molar-refractivity contribution is 5.79. The predicted octanol–water partition coefficient (Wildman–Crippen LogP) is 1.50. The first kappa shape index (κ1) is 15.0. The number of unbranched alkanes of at least 4 members (excludes halogenated alkanes) is 1. The molecule has 0 spiro atoms. The van der Waals surface area contributed by atoms with Gasteiger partial charge < -0.3 is 15.0 Å². The number of ether oxygens (including phenoxy) is 1. The first-order valence-electron chi connectivity index (χ1n) is 5.86. The van der Waals surface area contributed by atoms with Gasteiger partial charge in [0.05, 0.1) is 6.61 Å². The minimum atomic E-state index is 0.718. The second-order valence-electron chi connectivity index (χ2n) is 3.52. The van der Waals surface area contributed by atoms with E-state index in [0.29, 0.717) is 0 Å². The number of allylic oxidation sites excluding steroid dienone is 1. The normalized spacial score (nSPS) is 11.3. The fourth-order valence-corrected chi connectivity index (χ4v) is 1.34. The molecule has 0 unspecified atom stereocenters. The van der Waals surface area contributed by atoms with E-state index in [0.717, 1.165) is 45.1 Å². The number of hydrogen-bond acceptors (Lipinski definition) is 2. The number of aliphatic imine (C=N–C) groups is 1. The highest BCUT2D eigenvalue weighted by atomic mass is 16.5. The minimum Gasteiger partial charge on any atom is -0.380 e. The highest BCUT2D eigenvalue weighted by Gasteiger charge is 2.03. The van der Waals surface area contributed by atoms with Crippen molar-refractivity contribution in [2.75, 3.05) is 40.4 Å². The standard InChI is InChI=1S/C12H25N3O/c1-5-7-8-10-15(4)12(13-3)14-9-11-16-6-2/h5H,1,6-11H2,2-4H3,(H,13,14). The number of guanidine groups is 1. The van der Waals surface area contributed by atoms with Gasteiger partial charge in [-0.25, -0.2) is 0 Å². The lowest BCUT2D eigenvalue weighted by molar-refractivity contribution is 0.152. The Labute approximate surface area is 99.4 Å². The Kier molecular flexibility index (Phi) is 9.81. The molecule has 0 saturated carbocycles. The molecule has 4 heteroatoms. The Balaban J connectivity index is 3.75. The molecule has 0 aromatic carbocycles. The summed E-state index contributed by atoms with van der Waals surface area (Å²) in [5.74, 6) is 0.920. The van der Waals surface area contributed by atoms with Crippen LogP contribution in [0, 0.1) is 0 Å². The van der Waals surface area contributed by atoms with Crippen LogP contribution in [-0.4, -0.2) is 51.3 Å². The molecular weight excluding hydrogens is 202 g/mol. The molecular formula is C12H25N3O. The topological polar surface area (TPSA) is 36.9 Å². The summed E-state index contributed by atoms with van der Waals surface area (Å²) >= 11 is 0. The van der Waals surface area contributed by atoms with Crippen LogP contribution < -0.4 is 5.32 Å². The minimum absolute atomic E-state index is 0.718. The van der Waals surface area contributed by atoms with Crippen molar-refractivity contribution in [1.29, 1.82) is 0 Å². The largest absolute Gasteiger partial charge is 0.380 e. The summed E-state index contributed by atoms with van der Waals surface area (Å²) in [5.41, 5.74) is 0. The summed E-state index contributed by atoms with van der Waals surface area (Å²) in [4.78, 5) is 6.33. The van der Waals surface area contributed by atoms with Crippen LogP contribution in [0.1, 0.15) is 19.8 Å². The summed E-state index contributed by atoms with van der Waals surface area (Å²) in [6.07, 6.45) is 4.09. The molecule has 0 aliphatic heterocycles. The van der Waals surface area contributed by atoms with E-state index in [1.165, 1.54) is 0 Å². The first-order chi connectivity index (χ1) is 7.76. The Morgan fingerprint density at radius 2 is 2.31 bits per heavy atom. The van der Waals surface area contributed by atoms with Gasteiger partial charge in [-0.2, -0.15) is 0 Å². The van der Waals surface area contributed by atoms with Crippen molar-refractivity contribution in [3.05, 3.63) is 12.7 Å². The molecule has 0 rings (SSSR count). The van der Waals surface area contributed by atoms with Crippen LogP contribution in [0.3, 0.4) is 0 Å². The van der Waals surface area contributed by atoms with E-state index in [-0.39, 0.29) is 0 Å². The van der Waals surface area contributed by atoms with Crippen molar-refractivity contribution in [2.24, 2.45) is 4.99 Å². The molecule has 4 nitrogen and oxygen atoms in total. The van der Waals surface area contributed by atoms with Gasteiger partial charge in [-0.1, -0.05) is 6.08 Å². The molecule has 0 saturated heterocycles. The van der Waals surface area contributed by atoms with Gasteiger partial charge in [-0.15, -0.1) is 6.58 Å². The van der Waals surface area contributed by atoms with E-state index in [1.54, 1.807) is 7.05 Å². The lowest BCUT2D eigenvalue weighted by Gasteiger charge is -2.21. The van der Waals surface area contributed by atoms with Crippen molar-refractivity contribution >= 4 is 5.96 Å². The molecule has 0 bridgehead atoms. The van der Waals surface area contributed by atoms with Gasteiger partial charge in [-0.3, -0.25) is 4.99 Å². The lowest BCUT2D eigenvalue weighted by atomic mass is 10.3. The molecule has 0 aliphatic rings. The maximum atomic E-state index is 5.26. The van der Waals surface area contributed by atoms with E-state index in [9.17, 15) is 0 Å². The lowest BCUT2D eigenvalue weighted by Crippen LogP contribution is -2.40. The fraction of sp³-hybridized carbons (Fsp3) is 0.750. The monoisotopic (exact) mass is 227 g/mol. The van der Waals surface area contributed by atoms with E-state index in [2.05, 4.69) is 21.8 Å². The zero-order valence-corrected chi connectivity index (χ0v) is 10.8. The summed E-state index contributed by atoms with van der Waals surface area (Å²) in [5, 5.41) is 3.26. The average molecular weight is 227 g/mol. The van der Waals surface area contributed by atoms with Crippen LogP contribution in [-0.2, 0) is 4.74 Å². The molecule has 0 aliphatic carbocycles. The number of rotatable bonds is 8. The second kappa shape index (κ2) is 10.5. The van der Waals surface area contributed by atoms with Crippen LogP contribution in [0.25, 0.3) is 0 Å². The van der Waals surface area contributed by atoms with Gasteiger partial charge in [0, 0.05) is 33.8 Å². The van der Waals surface area contributed by atoms with Gasteiger partial charge in [0.2, 0.25) is 0 Å². The quantitative estimate of drug-likeness (QED) is 0.295. The zero-order valence-electron chi connectivity index (χ0n) is 10.8. The van der Waals surface area contributed by atoms with Gasteiger partial charge in [0.15, 0.2) is 5.96 Å². The molecule has 0 aromatic rings. The Morgan fingerprint density at radius 1 is 1.56 bits per heavy atom. The van der Waals surface area contributed by atoms with Crippen molar-refractivity contribution < 1.29 is 4.74 Å². The van der Waals surface area contributed by atoms with Crippen molar-refractivity contribution in [3.8, 4) is 0 Å². The molecule has 0 aromatic heterocycles. The maximum Gasteiger partial charge on any atom is 0.193 e. The van der Waals surface area contributed by atoms with E-state index >= 15 is 0 Å². The van der Waals surface area contributed by atoms with Crippen molar-refractivity contribution in [3.63, 3.8) is 0 Å². The predicted molar refractivity (Wildman–Crippen MR) is 69.9 cm³/mol. The van der Waals surface area contributed by atoms with Crippen molar-refractivity contribution in [1.82, 2.24) is 10.2 Å². The molecule has 16 heavy (non-hydrogen) atoms. The van der Waals surface area contributed by atoms with Crippen LogP contribution in [0.2, 0.25) is 0 Å². The first-order valence-corrected chi connectivity index (χ1v) is 5.86. The molecule has 0 heterocycles. The zero-order chi connectivity index (χ0) is 12.2. The van der Waals surface area contributed by atoms with Crippen molar-refractivity contribution in [2.45, 2.75) is 19.8 Å². The summed E-state index contributed by atoms with van der Waals surface area (Å²) < 4.78 is 5.26. The average Bonchev–Trinajstić information content (AvgIpc) is 2.29. The highest BCUT2D eigenvalue weighted by Crippen LogP contribution is 1.93. The van der Waals surface area contributed by atoms with E-state index < -0.39 is 0 Å². The van der Waals surface area contributed by atoms with Crippen LogP contribution in [0.4, 0.5) is 0 Å². The Hall–Kier alpha value is -1.03. The number of nitrogens with one attached hydrogen (secondary N) is 1. The third kappa shape index (κ3) is 7.29. The van der Waals surface area contributed by atoms with Crippen LogP contribution in [0.15, 0.2) is 17.6 Å². The molecule has 0 atom stereocenters. The third-order valence-electron chi connectivity index (χ3n) is 2.21. The van der Waals surface area contributed by atoms with Crippen LogP contribution >= 0.6 is 0 Å².